The Balaban J connectivity index is 1.67. The van der Waals surface area contributed by atoms with E-state index in [4.69, 9.17) is 0 Å². The Kier molecular flexibility index (Phi) is 3.46. The molecule has 1 aliphatic rings. The van der Waals surface area contributed by atoms with E-state index < -0.39 is 0 Å². The molecule has 116 valence electrons. The second kappa shape index (κ2) is 5.62. The molecule has 1 amide bonds. The molecule has 1 saturated heterocycles. The third-order valence-corrected chi connectivity index (χ3v) is 4.81. The summed E-state index contributed by atoms with van der Waals surface area (Å²) in [5.74, 6) is 1.08. The molecule has 0 N–H and O–H groups in total. The highest BCUT2D eigenvalue weighted by Crippen LogP contribution is 2.28. The fourth-order valence-corrected chi connectivity index (χ4v) is 3.56. The second-order valence-electron chi connectivity index (χ2n) is 5.70. The smallest absolute Gasteiger partial charge is 0.227 e. The van der Waals surface area contributed by atoms with E-state index in [2.05, 4.69) is 16.3 Å². The number of hydrogen-bond acceptors (Lipinski definition) is 4. The van der Waals surface area contributed by atoms with Gasteiger partial charge in [-0.15, -0.1) is 0 Å². The zero-order valence-corrected chi connectivity index (χ0v) is 13.5. The van der Waals surface area contributed by atoms with Gasteiger partial charge in [-0.25, -0.2) is 9.36 Å². The van der Waals surface area contributed by atoms with Crippen molar-refractivity contribution in [3.8, 4) is 17.1 Å². The third-order valence-electron chi connectivity index (χ3n) is 4.22. The van der Waals surface area contributed by atoms with E-state index in [9.17, 15) is 4.79 Å². The highest BCUT2D eigenvalue weighted by Gasteiger charge is 2.28. The maximum absolute atomic E-state index is 12.0. The highest BCUT2D eigenvalue weighted by molar-refractivity contribution is 7.03. The minimum absolute atomic E-state index is 0.206. The molecule has 1 aromatic carbocycles. The Morgan fingerprint density at radius 1 is 1.22 bits per heavy atom. The number of anilines is 1. The quantitative estimate of drug-likeness (QED) is 0.741. The van der Waals surface area contributed by atoms with Crippen molar-refractivity contribution in [2.75, 3.05) is 4.90 Å². The summed E-state index contributed by atoms with van der Waals surface area (Å²) in [7, 11) is 0. The van der Waals surface area contributed by atoms with Crippen LogP contribution < -0.4 is 4.90 Å². The summed E-state index contributed by atoms with van der Waals surface area (Å²) in [5.41, 5.74) is 2.99. The molecule has 1 fully saturated rings. The topological polar surface area (TPSA) is 51.0 Å². The molecule has 6 heteroatoms. The summed E-state index contributed by atoms with van der Waals surface area (Å²) in [6.45, 7) is 2.09. The van der Waals surface area contributed by atoms with Crippen molar-refractivity contribution < 1.29 is 4.79 Å². The molecule has 0 radical (unpaired) electrons. The molecule has 0 bridgehead atoms. The first-order chi connectivity index (χ1) is 11.2. The summed E-state index contributed by atoms with van der Waals surface area (Å²) in [6, 6.07) is 8.33. The minimum Gasteiger partial charge on any atom is -0.310 e. The van der Waals surface area contributed by atoms with Crippen LogP contribution in [0.4, 0.5) is 5.69 Å². The molecule has 0 aliphatic carbocycles. The summed E-state index contributed by atoms with van der Waals surface area (Å²) >= 11 is 1.41. The molecule has 0 spiro atoms. The average Bonchev–Trinajstić information content (AvgIpc) is 3.28. The van der Waals surface area contributed by atoms with E-state index in [0.29, 0.717) is 6.42 Å². The number of rotatable bonds is 3. The zero-order chi connectivity index (χ0) is 15.8. The van der Waals surface area contributed by atoms with Gasteiger partial charge in [-0.1, -0.05) is 0 Å². The molecule has 1 unspecified atom stereocenters. The number of nitrogens with zero attached hydrogens (tertiary/aromatic N) is 4. The third kappa shape index (κ3) is 2.45. The van der Waals surface area contributed by atoms with E-state index in [1.807, 2.05) is 51.5 Å². The fraction of sp³-hybridized carbons (Fsp3) is 0.235. The number of hydrogen-bond donors (Lipinski definition) is 0. The first-order valence-electron chi connectivity index (χ1n) is 7.59. The van der Waals surface area contributed by atoms with Gasteiger partial charge in [0.2, 0.25) is 5.91 Å². The van der Waals surface area contributed by atoms with Crippen LogP contribution in [0, 0.1) is 0 Å². The van der Waals surface area contributed by atoms with Crippen molar-refractivity contribution in [1.82, 2.24) is 13.9 Å². The van der Waals surface area contributed by atoms with E-state index in [1.54, 1.807) is 6.20 Å². The molecule has 3 aromatic rings. The van der Waals surface area contributed by atoms with Crippen molar-refractivity contribution in [3.05, 3.63) is 48.2 Å². The normalized spacial score (nSPS) is 17.9. The maximum atomic E-state index is 12.0. The first-order valence-corrected chi connectivity index (χ1v) is 8.43. The number of carbonyl (C=O) groups excluding carboxylic acids is 1. The van der Waals surface area contributed by atoms with Crippen molar-refractivity contribution >= 4 is 23.1 Å². The Morgan fingerprint density at radius 3 is 2.65 bits per heavy atom. The van der Waals surface area contributed by atoms with Crippen LogP contribution in [0.5, 0.6) is 0 Å². The van der Waals surface area contributed by atoms with Gasteiger partial charge in [0.1, 0.15) is 5.82 Å². The van der Waals surface area contributed by atoms with E-state index in [0.717, 1.165) is 29.2 Å². The maximum Gasteiger partial charge on any atom is 0.227 e. The van der Waals surface area contributed by atoms with E-state index >= 15 is 0 Å². The van der Waals surface area contributed by atoms with Gasteiger partial charge in [-0.3, -0.25) is 9.36 Å². The average molecular weight is 324 g/mol. The lowest BCUT2D eigenvalue weighted by molar-refractivity contribution is -0.117. The molecular weight excluding hydrogens is 308 g/mol. The van der Waals surface area contributed by atoms with E-state index in [1.165, 1.54) is 11.5 Å². The van der Waals surface area contributed by atoms with Crippen LogP contribution in [-0.2, 0) is 4.79 Å². The van der Waals surface area contributed by atoms with E-state index in [-0.39, 0.29) is 11.9 Å². The lowest BCUT2D eigenvalue weighted by Crippen LogP contribution is -2.30. The van der Waals surface area contributed by atoms with Crippen molar-refractivity contribution in [1.29, 1.82) is 0 Å². The van der Waals surface area contributed by atoms with Crippen LogP contribution in [0.1, 0.15) is 19.8 Å². The van der Waals surface area contributed by atoms with Gasteiger partial charge in [-0.2, -0.15) is 0 Å². The molecular formula is C17H16N4OS. The monoisotopic (exact) mass is 324 g/mol. The number of imidazole rings is 1. The number of amides is 1. The standard InChI is InChI=1S/C17H16N4OS/c1-12-2-7-16(22)21(12)15-5-3-14(4-6-15)20-9-8-18-17(20)13-10-19-23-11-13/h3-6,8-12H,2,7H2,1H3. The van der Waals surface area contributed by atoms with Crippen LogP contribution in [0.15, 0.2) is 48.2 Å². The van der Waals surface area contributed by atoms with Crippen LogP contribution in [0.25, 0.3) is 17.1 Å². The zero-order valence-electron chi connectivity index (χ0n) is 12.7. The predicted molar refractivity (Wildman–Crippen MR) is 90.9 cm³/mol. The summed E-state index contributed by atoms with van der Waals surface area (Å²) in [6.07, 6.45) is 7.11. The van der Waals surface area contributed by atoms with Crippen LogP contribution in [-0.4, -0.2) is 25.9 Å². The lowest BCUT2D eigenvalue weighted by atomic mass is 10.2. The fourth-order valence-electron chi connectivity index (χ4n) is 3.04. The second-order valence-corrected chi connectivity index (χ2v) is 6.36. The molecule has 4 rings (SSSR count). The first kappa shape index (κ1) is 14.1. The minimum atomic E-state index is 0.206. The molecule has 23 heavy (non-hydrogen) atoms. The van der Waals surface area contributed by atoms with Gasteiger partial charge < -0.3 is 4.90 Å². The lowest BCUT2D eigenvalue weighted by Gasteiger charge is -2.22. The number of benzene rings is 1. The van der Waals surface area contributed by atoms with Gasteiger partial charge >= 0.3 is 0 Å². The summed E-state index contributed by atoms with van der Waals surface area (Å²) in [4.78, 5) is 18.3. The molecule has 0 saturated carbocycles. The highest BCUT2D eigenvalue weighted by atomic mass is 32.1. The van der Waals surface area contributed by atoms with Crippen molar-refractivity contribution in [2.45, 2.75) is 25.8 Å². The molecule has 5 nitrogen and oxygen atoms in total. The van der Waals surface area contributed by atoms with Crippen molar-refractivity contribution in [3.63, 3.8) is 0 Å². The Hall–Kier alpha value is -2.47. The summed E-state index contributed by atoms with van der Waals surface area (Å²) < 4.78 is 6.17. The Bertz CT molecular complexity index is 823. The van der Waals surface area contributed by atoms with Gasteiger partial charge in [0.25, 0.3) is 0 Å². The molecule has 1 atom stereocenters. The number of carbonyl (C=O) groups is 1. The SMILES string of the molecule is CC1CCC(=O)N1c1ccc(-n2ccnc2-c2cnsc2)cc1. The van der Waals surface area contributed by atoms with Crippen LogP contribution >= 0.6 is 11.5 Å². The van der Waals surface area contributed by atoms with Gasteiger partial charge in [0.05, 0.1) is 6.20 Å². The predicted octanol–water partition coefficient (Wildman–Crippen LogP) is 3.51. The Morgan fingerprint density at radius 2 is 2.00 bits per heavy atom. The largest absolute Gasteiger partial charge is 0.310 e. The van der Waals surface area contributed by atoms with Gasteiger partial charge in [0.15, 0.2) is 0 Å². The van der Waals surface area contributed by atoms with Gasteiger partial charge in [0, 0.05) is 47.2 Å². The van der Waals surface area contributed by atoms with Gasteiger partial charge in [-0.05, 0) is 49.1 Å². The van der Waals surface area contributed by atoms with Crippen molar-refractivity contribution in [2.24, 2.45) is 0 Å². The molecule has 2 aromatic heterocycles. The number of aromatic nitrogens is 3. The van der Waals surface area contributed by atoms with Crippen LogP contribution in [0.2, 0.25) is 0 Å². The molecule has 1 aliphatic heterocycles. The molecule has 3 heterocycles. The van der Waals surface area contributed by atoms with Crippen LogP contribution in [0.3, 0.4) is 0 Å². The Labute approximate surface area is 138 Å². The summed E-state index contributed by atoms with van der Waals surface area (Å²) in [5, 5.41) is 1.98.